The van der Waals surface area contributed by atoms with Crippen molar-refractivity contribution in [3.63, 3.8) is 0 Å². The van der Waals surface area contributed by atoms with Crippen molar-refractivity contribution in [3.8, 4) is 28.4 Å². The summed E-state index contributed by atoms with van der Waals surface area (Å²) in [6, 6.07) is 25.9. The average Bonchev–Trinajstić information content (AvgIpc) is 3.46. The van der Waals surface area contributed by atoms with Crippen LogP contribution in [0.2, 0.25) is 0 Å². The predicted octanol–water partition coefficient (Wildman–Crippen LogP) is 8.37. The van der Waals surface area contributed by atoms with Crippen molar-refractivity contribution in [2.45, 2.75) is 57.5 Å². The lowest BCUT2D eigenvalue weighted by Crippen LogP contribution is -2.38. The number of aromatic nitrogens is 2. The van der Waals surface area contributed by atoms with Gasteiger partial charge in [0.1, 0.15) is 18.1 Å². The Balaban J connectivity index is 1.49. The molecule has 246 valence electrons. The molecule has 2 heterocycles. The first-order chi connectivity index (χ1) is 22.0. The Morgan fingerprint density at radius 1 is 0.848 bits per heavy atom. The summed E-state index contributed by atoms with van der Waals surface area (Å²) >= 11 is 0. The van der Waals surface area contributed by atoms with Gasteiger partial charge in [-0.2, -0.15) is 5.10 Å². The van der Waals surface area contributed by atoms with Gasteiger partial charge in [-0.25, -0.2) is 9.48 Å². The first-order valence-corrected chi connectivity index (χ1v) is 18.1. The second-order valence-corrected chi connectivity index (χ2v) is 16.9. The van der Waals surface area contributed by atoms with E-state index in [-0.39, 0.29) is 23.4 Å². The number of nitrogens with zero attached hydrogens (tertiary/aromatic N) is 3. The van der Waals surface area contributed by atoms with Gasteiger partial charge in [-0.3, -0.25) is 0 Å². The number of piperidine rings is 1. The van der Waals surface area contributed by atoms with E-state index >= 15 is 0 Å². The van der Waals surface area contributed by atoms with Crippen molar-refractivity contribution >= 4 is 16.4 Å². The number of methoxy groups -OCH3 is 2. The molecule has 4 aromatic rings. The lowest BCUT2D eigenvalue weighted by atomic mass is 9.90. The molecular weight excluding hydrogens is 598 g/mol. The van der Waals surface area contributed by atoms with E-state index in [1.54, 1.807) is 14.2 Å². The summed E-state index contributed by atoms with van der Waals surface area (Å²) < 4.78 is 25.4. The third-order valence-electron chi connectivity index (χ3n) is 9.01. The van der Waals surface area contributed by atoms with Crippen LogP contribution in [-0.2, 0) is 22.1 Å². The van der Waals surface area contributed by atoms with Crippen LogP contribution in [0.3, 0.4) is 0 Å². The van der Waals surface area contributed by atoms with E-state index in [0.29, 0.717) is 19.7 Å². The van der Waals surface area contributed by atoms with Crippen molar-refractivity contribution in [1.29, 1.82) is 0 Å². The first-order valence-electron chi connectivity index (χ1n) is 15.7. The van der Waals surface area contributed by atoms with E-state index in [1.165, 1.54) is 0 Å². The molecule has 0 atom stereocenters. The Kier molecular flexibility index (Phi) is 10.3. The van der Waals surface area contributed by atoms with E-state index in [4.69, 9.17) is 23.5 Å². The highest BCUT2D eigenvalue weighted by Crippen LogP contribution is 2.55. The van der Waals surface area contributed by atoms with Gasteiger partial charge in [0, 0.05) is 34.9 Å². The van der Waals surface area contributed by atoms with Crippen LogP contribution in [0.5, 0.6) is 11.5 Å². The zero-order chi connectivity index (χ0) is 32.9. The zero-order valence-corrected chi connectivity index (χ0v) is 28.9. The SMILES string of the molecule is COc1ccc(-c2c(COS(C)(C)C(C)(C)C)c(C3CCN(C(=O)OCc4ccccc4)CC3)nn2-c2ccc(OC)cc2)cc1. The molecule has 5 rings (SSSR count). The third kappa shape index (κ3) is 7.53. The topological polar surface area (TPSA) is 75.0 Å². The molecule has 9 heteroatoms. The van der Waals surface area contributed by atoms with E-state index in [0.717, 1.165) is 58.1 Å². The van der Waals surface area contributed by atoms with Gasteiger partial charge in [0.25, 0.3) is 0 Å². The lowest BCUT2D eigenvalue weighted by Gasteiger charge is -2.43. The number of amides is 1. The second-order valence-electron chi connectivity index (χ2n) is 13.0. The van der Waals surface area contributed by atoms with Gasteiger partial charge < -0.3 is 23.3 Å². The summed E-state index contributed by atoms with van der Waals surface area (Å²) in [5.74, 6) is 1.73. The Labute approximate surface area is 275 Å². The average molecular weight is 646 g/mol. The fourth-order valence-electron chi connectivity index (χ4n) is 5.42. The first kappa shape index (κ1) is 33.4. The van der Waals surface area contributed by atoms with Gasteiger partial charge in [-0.1, -0.05) is 51.1 Å². The number of hydrogen-bond acceptors (Lipinski definition) is 6. The number of hydrogen-bond donors (Lipinski definition) is 0. The van der Waals surface area contributed by atoms with Gasteiger partial charge >= 0.3 is 6.09 Å². The fourth-order valence-corrected chi connectivity index (χ4v) is 6.19. The Hall–Kier alpha value is -3.95. The van der Waals surface area contributed by atoms with Crippen LogP contribution < -0.4 is 9.47 Å². The molecule has 0 spiro atoms. The van der Waals surface area contributed by atoms with Crippen molar-refractivity contribution in [3.05, 3.63) is 95.7 Å². The standard InChI is InChI=1S/C37H47N3O5S/c1-37(2,3)46(6,7)45-26-33-34(28-21-23-39(24-22-28)36(41)44-25-27-11-9-8-10-12-27)38-40(30-15-19-32(43-5)20-16-30)35(33)29-13-17-31(42-4)18-14-29/h8-20,28H,21-26H2,1-7H3. The molecule has 1 aliphatic heterocycles. The second kappa shape index (κ2) is 14.2. The molecule has 0 bridgehead atoms. The molecule has 0 saturated carbocycles. The Morgan fingerprint density at radius 2 is 1.43 bits per heavy atom. The molecule has 8 nitrogen and oxygen atoms in total. The number of carbonyl (C=O) groups excluding carboxylic acids is 1. The maximum atomic E-state index is 13.0. The summed E-state index contributed by atoms with van der Waals surface area (Å²) in [7, 11) is 1.94. The van der Waals surface area contributed by atoms with Gasteiger partial charge in [-0.15, -0.1) is 10.3 Å². The normalized spacial score (nSPS) is 14.6. The molecule has 1 amide bonds. The monoisotopic (exact) mass is 645 g/mol. The number of ether oxygens (including phenoxy) is 3. The van der Waals surface area contributed by atoms with Gasteiger partial charge in [0.15, 0.2) is 0 Å². The zero-order valence-electron chi connectivity index (χ0n) is 28.1. The number of rotatable bonds is 10. The highest BCUT2D eigenvalue weighted by atomic mass is 32.3. The molecule has 46 heavy (non-hydrogen) atoms. The minimum absolute atomic E-state index is 0.00483. The number of likely N-dealkylation sites (tertiary alicyclic amines) is 1. The van der Waals surface area contributed by atoms with Crippen molar-refractivity contribution in [1.82, 2.24) is 14.7 Å². The molecule has 0 radical (unpaired) electrons. The highest BCUT2D eigenvalue weighted by Gasteiger charge is 2.34. The minimum atomic E-state index is -1.41. The molecule has 0 unspecified atom stereocenters. The predicted molar refractivity (Wildman–Crippen MR) is 186 cm³/mol. The number of benzene rings is 3. The van der Waals surface area contributed by atoms with Crippen molar-refractivity contribution in [2.75, 3.05) is 39.8 Å². The molecule has 0 aliphatic carbocycles. The maximum Gasteiger partial charge on any atom is 0.410 e. The third-order valence-corrected chi connectivity index (χ3v) is 12.7. The molecule has 1 aromatic heterocycles. The van der Waals surface area contributed by atoms with Crippen LogP contribution in [-0.4, -0.2) is 65.3 Å². The van der Waals surface area contributed by atoms with Crippen molar-refractivity contribution in [2.24, 2.45) is 0 Å². The minimum Gasteiger partial charge on any atom is -0.497 e. The van der Waals surface area contributed by atoms with E-state index in [2.05, 4.69) is 45.4 Å². The molecule has 0 N–H and O–H groups in total. The molecular formula is C37H47N3O5S. The lowest BCUT2D eigenvalue weighted by molar-refractivity contribution is 0.0867. The van der Waals surface area contributed by atoms with Crippen LogP contribution in [0.25, 0.3) is 16.9 Å². The smallest absolute Gasteiger partial charge is 0.410 e. The summed E-state index contributed by atoms with van der Waals surface area (Å²) in [6.45, 7) is 8.62. The van der Waals surface area contributed by atoms with Gasteiger partial charge in [0.05, 0.1) is 37.9 Å². The van der Waals surface area contributed by atoms with Gasteiger partial charge in [0.2, 0.25) is 0 Å². The summed E-state index contributed by atoms with van der Waals surface area (Å²) in [5, 5.41) is 5.33. The quantitative estimate of drug-likeness (QED) is 0.173. The Bertz CT molecular complexity index is 1590. The number of carbonyl (C=O) groups is 1. The summed E-state index contributed by atoms with van der Waals surface area (Å²) in [5.41, 5.74) is 6.03. The van der Waals surface area contributed by atoms with E-state index in [9.17, 15) is 4.79 Å². The highest BCUT2D eigenvalue weighted by molar-refractivity contribution is 8.29. The van der Waals surface area contributed by atoms with E-state index in [1.807, 2.05) is 76.3 Å². The van der Waals surface area contributed by atoms with E-state index < -0.39 is 10.3 Å². The molecule has 3 aromatic carbocycles. The van der Waals surface area contributed by atoms with Crippen LogP contribution in [0.15, 0.2) is 78.9 Å². The summed E-state index contributed by atoms with van der Waals surface area (Å²) in [6.07, 6.45) is 5.75. The fraction of sp³-hybridized carbons (Fsp3) is 0.405. The van der Waals surface area contributed by atoms with Crippen LogP contribution >= 0.6 is 10.3 Å². The van der Waals surface area contributed by atoms with Crippen LogP contribution in [0, 0.1) is 0 Å². The molecule has 1 fully saturated rings. The van der Waals surface area contributed by atoms with Crippen LogP contribution in [0.4, 0.5) is 4.79 Å². The maximum absolute atomic E-state index is 13.0. The molecule has 1 aliphatic rings. The van der Waals surface area contributed by atoms with Crippen LogP contribution in [0.1, 0.15) is 56.4 Å². The molecule has 1 saturated heterocycles. The summed E-state index contributed by atoms with van der Waals surface area (Å²) in [4.78, 5) is 14.8. The Morgan fingerprint density at radius 3 is 2.00 bits per heavy atom. The van der Waals surface area contributed by atoms with Gasteiger partial charge in [-0.05, 0) is 79.4 Å². The largest absolute Gasteiger partial charge is 0.497 e. The van der Waals surface area contributed by atoms with Crippen molar-refractivity contribution < 1.29 is 23.2 Å².